The number of anilines is 1. The molecule has 0 unspecified atom stereocenters. The Hall–Kier alpha value is -2.43. The lowest BCUT2D eigenvalue weighted by Crippen LogP contribution is -2.40. The monoisotopic (exact) mass is 323 g/mol. The molecule has 0 aromatic heterocycles. The number of hydrogen-bond donors (Lipinski definition) is 0. The highest BCUT2D eigenvalue weighted by Crippen LogP contribution is 2.65. The fourth-order valence-electron chi connectivity index (χ4n) is 5.04. The molecule has 1 heterocycles. The number of hydrogen-bond acceptors (Lipinski definition) is 4. The molecular weight excluding hydrogens is 306 g/mol. The summed E-state index contributed by atoms with van der Waals surface area (Å²) in [7, 11) is 0. The summed E-state index contributed by atoms with van der Waals surface area (Å²) in [5.74, 6) is 1.14. The second-order valence-electron chi connectivity index (χ2n) is 7.25. The highest BCUT2D eigenvalue weighted by molar-refractivity contribution is 6.22. The predicted octanol–water partition coefficient (Wildman–Crippen LogP) is 2.17. The van der Waals surface area contributed by atoms with Crippen LogP contribution in [0.4, 0.5) is 5.69 Å². The number of ether oxygens (including phenoxy) is 1. The van der Waals surface area contributed by atoms with E-state index in [1.54, 1.807) is 24.3 Å². The molecule has 6 atom stereocenters. The van der Waals surface area contributed by atoms with Gasteiger partial charge in [0.2, 0.25) is 11.8 Å². The third-order valence-corrected chi connectivity index (χ3v) is 6.02. The van der Waals surface area contributed by atoms with Crippen LogP contribution < -0.4 is 9.64 Å². The second kappa shape index (κ2) is 4.56. The molecule has 2 amide bonds. The first-order valence-electron chi connectivity index (χ1n) is 8.41. The van der Waals surface area contributed by atoms with E-state index in [9.17, 15) is 14.4 Å². The fraction of sp³-hybridized carbons (Fsp3) is 0.421. The second-order valence-corrected chi connectivity index (χ2v) is 7.25. The first kappa shape index (κ1) is 14.0. The number of esters is 1. The number of allylic oxidation sites excluding steroid dienone is 2. The molecule has 0 radical (unpaired) electrons. The summed E-state index contributed by atoms with van der Waals surface area (Å²) in [5.41, 5.74) is 0.559. The maximum absolute atomic E-state index is 13.0. The number of imide groups is 1. The van der Waals surface area contributed by atoms with E-state index in [0.29, 0.717) is 23.3 Å². The van der Waals surface area contributed by atoms with Crippen molar-refractivity contribution in [1.82, 2.24) is 0 Å². The lowest BCUT2D eigenvalue weighted by Gasteiger charge is -2.37. The highest BCUT2D eigenvalue weighted by Gasteiger charge is 2.67. The van der Waals surface area contributed by atoms with Crippen LogP contribution in [-0.4, -0.2) is 17.8 Å². The Morgan fingerprint density at radius 1 is 1.00 bits per heavy atom. The minimum absolute atomic E-state index is 0.0741. The van der Waals surface area contributed by atoms with E-state index < -0.39 is 5.97 Å². The van der Waals surface area contributed by atoms with E-state index >= 15 is 0 Å². The van der Waals surface area contributed by atoms with Gasteiger partial charge in [-0.1, -0.05) is 12.2 Å². The Morgan fingerprint density at radius 2 is 1.54 bits per heavy atom. The summed E-state index contributed by atoms with van der Waals surface area (Å²) in [6.45, 7) is 1.33. The molecule has 5 aliphatic rings. The molecule has 6 rings (SSSR count). The largest absolute Gasteiger partial charge is 0.427 e. The molecule has 2 saturated carbocycles. The van der Waals surface area contributed by atoms with Crippen molar-refractivity contribution >= 4 is 23.5 Å². The third-order valence-electron chi connectivity index (χ3n) is 6.02. The van der Waals surface area contributed by atoms with Crippen LogP contribution in [0.15, 0.2) is 36.4 Å². The summed E-state index contributed by atoms with van der Waals surface area (Å²) in [5, 5.41) is 0. The van der Waals surface area contributed by atoms with E-state index in [1.165, 1.54) is 11.8 Å². The lowest BCUT2D eigenvalue weighted by atomic mass is 9.63. The van der Waals surface area contributed by atoms with Crippen molar-refractivity contribution in [2.75, 3.05) is 4.90 Å². The number of carbonyl (C=O) groups excluding carboxylic acids is 3. The van der Waals surface area contributed by atoms with E-state index in [-0.39, 0.29) is 35.5 Å². The summed E-state index contributed by atoms with van der Waals surface area (Å²) >= 11 is 0. The van der Waals surface area contributed by atoms with Crippen LogP contribution in [-0.2, 0) is 14.4 Å². The number of carbonyl (C=O) groups is 3. The van der Waals surface area contributed by atoms with Gasteiger partial charge in [-0.2, -0.15) is 0 Å². The summed E-state index contributed by atoms with van der Waals surface area (Å²) in [6, 6.07) is 6.57. The van der Waals surface area contributed by atoms with Crippen LogP contribution >= 0.6 is 0 Å². The molecule has 5 nitrogen and oxygen atoms in total. The Bertz CT molecular complexity index is 760. The maximum Gasteiger partial charge on any atom is 0.308 e. The molecule has 1 aromatic rings. The average molecular weight is 323 g/mol. The van der Waals surface area contributed by atoms with E-state index in [2.05, 4.69) is 12.2 Å². The van der Waals surface area contributed by atoms with E-state index in [0.717, 1.165) is 6.42 Å². The number of benzene rings is 1. The van der Waals surface area contributed by atoms with Crippen LogP contribution in [0.2, 0.25) is 0 Å². The average Bonchev–Trinajstić information content (AvgIpc) is 3.33. The molecular formula is C19H17NO4. The van der Waals surface area contributed by atoms with E-state index in [1.807, 2.05) is 0 Å². The normalized spacial score (nSPS) is 38.1. The minimum atomic E-state index is -0.399. The molecule has 4 aliphatic carbocycles. The Morgan fingerprint density at radius 3 is 2.04 bits per heavy atom. The van der Waals surface area contributed by atoms with Gasteiger partial charge in [0, 0.05) is 6.92 Å². The minimum Gasteiger partial charge on any atom is -0.427 e. The summed E-state index contributed by atoms with van der Waals surface area (Å²) < 4.78 is 5.01. The van der Waals surface area contributed by atoms with Crippen molar-refractivity contribution in [3.63, 3.8) is 0 Å². The van der Waals surface area contributed by atoms with E-state index in [4.69, 9.17) is 4.74 Å². The SMILES string of the molecule is CC(=O)Oc1ccc(N2C(=O)[C@H]3[C@@H]4C=C[C@H]([C@H]5C[C@H]45)[C@@H]3C2=O)cc1. The summed E-state index contributed by atoms with van der Waals surface area (Å²) in [6.07, 6.45) is 5.49. The molecule has 122 valence electrons. The zero-order valence-corrected chi connectivity index (χ0v) is 13.2. The third kappa shape index (κ3) is 1.72. The molecule has 1 aliphatic heterocycles. The maximum atomic E-state index is 13.0. The van der Waals surface area contributed by atoms with Crippen LogP contribution in [0.5, 0.6) is 5.75 Å². The lowest BCUT2D eigenvalue weighted by molar-refractivity contribution is -0.132. The summed E-state index contributed by atoms with van der Waals surface area (Å²) in [4.78, 5) is 38.2. The number of rotatable bonds is 2. The van der Waals surface area contributed by atoms with Gasteiger partial charge >= 0.3 is 5.97 Å². The van der Waals surface area contributed by atoms with Gasteiger partial charge in [0.05, 0.1) is 17.5 Å². The zero-order valence-electron chi connectivity index (χ0n) is 13.2. The van der Waals surface area contributed by atoms with Gasteiger partial charge in [-0.25, -0.2) is 0 Å². The van der Waals surface area contributed by atoms with Gasteiger partial charge in [-0.05, 0) is 54.4 Å². The van der Waals surface area contributed by atoms with Gasteiger partial charge in [0.1, 0.15) is 5.75 Å². The van der Waals surface area contributed by atoms with Crippen molar-refractivity contribution < 1.29 is 19.1 Å². The molecule has 3 fully saturated rings. The van der Waals surface area contributed by atoms with Crippen molar-refractivity contribution in [2.45, 2.75) is 13.3 Å². The van der Waals surface area contributed by atoms with Crippen molar-refractivity contribution in [1.29, 1.82) is 0 Å². The molecule has 0 spiro atoms. The highest BCUT2D eigenvalue weighted by atomic mass is 16.5. The zero-order chi connectivity index (χ0) is 16.6. The quantitative estimate of drug-likeness (QED) is 0.362. The Labute approximate surface area is 139 Å². The molecule has 1 saturated heterocycles. The van der Waals surface area contributed by atoms with Crippen molar-refractivity contribution in [3.05, 3.63) is 36.4 Å². The molecule has 24 heavy (non-hydrogen) atoms. The fourth-order valence-corrected chi connectivity index (χ4v) is 5.04. The van der Waals surface area contributed by atoms with Crippen molar-refractivity contribution in [3.8, 4) is 5.75 Å². The van der Waals surface area contributed by atoms with Crippen LogP contribution in [0.1, 0.15) is 13.3 Å². The molecule has 2 bridgehead atoms. The smallest absolute Gasteiger partial charge is 0.308 e. The van der Waals surface area contributed by atoms with Gasteiger partial charge in [0.15, 0.2) is 0 Å². The molecule has 5 heteroatoms. The topological polar surface area (TPSA) is 63.7 Å². The standard InChI is InChI=1S/C19H17NO4/c1-9(21)24-11-4-2-10(3-5-11)20-18(22)16-12-6-7-13(15-8-14(12)15)17(16)19(20)23/h2-7,12-17H,8H2,1H3/t12-,13-,14-,15-,16+,17+/m1/s1. The van der Waals surface area contributed by atoms with Gasteiger partial charge < -0.3 is 4.74 Å². The first-order chi connectivity index (χ1) is 11.6. The Kier molecular flexibility index (Phi) is 2.65. The van der Waals surface area contributed by atoms with Crippen LogP contribution in [0, 0.1) is 35.5 Å². The number of amides is 2. The predicted molar refractivity (Wildman–Crippen MR) is 84.9 cm³/mol. The van der Waals surface area contributed by atoms with Crippen LogP contribution in [0.3, 0.4) is 0 Å². The molecule has 0 N–H and O–H groups in total. The molecule has 1 aromatic carbocycles. The number of nitrogens with zero attached hydrogens (tertiary/aromatic N) is 1. The van der Waals surface area contributed by atoms with Crippen molar-refractivity contribution in [2.24, 2.45) is 35.5 Å². The Balaban J connectivity index is 1.47. The van der Waals surface area contributed by atoms with Gasteiger partial charge in [-0.3, -0.25) is 19.3 Å². The van der Waals surface area contributed by atoms with Gasteiger partial charge in [0.25, 0.3) is 0 Å². The first-order valence-corrected chi connectivity index (χ1v) is 8.41. The van der Waals surface area contributed by atoms with Crippen LogP contribution in [0.25, 0.3) is 0 Å². The van der Waals surface area contributed by atoms with Gasteiger partial charge in [-0.15, -0.1) is 0 Å².